The maximum atomic E-state index is 13.0. The van der Waals surface area contributed by atoms with Gasteiger partial charge in [0.15, 0.2) is 0 Å². The topological polar surface area (TPSA) is 62.7 Å². The molecule has 4 aromatic rings. The average molecular weight is 374 g/mol. The number of nitrogens with zero attached hydrogens (tertiary/aromatic N) is 2. The molecule has 0 unspecified atom stereocenters. The zero-order chi connectivity index (χ0) is 18.4. The Morgan fingerprint density at radius 1 is 1.15 bits per heavy atom. The van der Waals surface area contributed by atoms with Crippen LogP contribution in [0.2, 0.25) is 0 Å². The number of anilines is 1. The molecule has 3 heterocycles. The van der Waals surface area contributed by atoms with Crippen molar-refractivity contribution >= 4 is 34.4 Å². The van der Waals surface area contributed by atoms with Crippen molar-refractivity contribution < 1.29 is 4.79 Å². The summed E-state index contributed by atoms with van der Waals surface area (Å²) in [6, 6.07) is 16.0. The van der Waals surface area contributed by atoms with Crippen LogP contribution in [0.25, 0.3) is 16.6 Å². The van der Waals surface area contributed by atoms with Gasteiger partial charge in [-0.3, -0.25) is 4.79 Å². The fraction of sp³-hybridized carbons (Fsp3) is 0.143. The molecule has 0 fully saturated rings. The molecule has 2 N–H and O–H groups in total. The van der Waals surface area contributed by atoms with Crippen molar-refractivity contribution in [3.8, 4) is 5.69 Å². The molecule has 0 spiro atoms. The number of aromatic nitrogens is 3. The van der Waals surface area contributed by atoms with Crippen LogP contribution < -0.4 is 5.32 Å². The van der Waals surface area contributed by atoms with Crippen LogP contribution in [0.1, 0.15) is 27.2 Å². The number of aryl methyl sites for hydroxylation is 1. The molecule has 5 nitrogen and oxygen atoms in total. The molecule has 0 bridgehead atoms. The number of para-hydroxylation sites is 1. The molecule has 134 valence electrons. The number of H-pyrrole nitrogens is 1. The number of nitrogens with one attached hydrogen (secondary N) is 2. The van der Waals surface area contributed by atoms with E-state index in [2.05, 4.69) is 29.4 Å². The molecular weight excluding hydrogens is 356 g/mol. The molecule has 0 radical (unpaired) electrons. The Kier molecular flexibility index (Phi) is 3.79. The summed E-state index contributed by atoms with van der Waals surface area (Å²) in [5, 5.41) is 8.81. The third kappa shape index (κ3) is 2.73. The zero-order valence-electron chi connectivity index (χ0n) is 14.8. The average Bonchev–Trinajstić information content (AvgIpc) is 3.38. The van der Waals surface area contributed by atoms with Crippen molar-refractivity contribution in [1.82, 2.24) is 14.8 Å². The molecule has 5 rings (SSSR count). The first-order chi connectivity index (χ1) is 13.2. The Morgan fingerprint density at radius 3 is 2.81 bits per heavy atom. The fourth-order valence-electron chi connectivity index (χ4n) is 3.45. The van der Waals surface area contributed by atoms with Crippen LogP contribution in [-0.2, 0) is 11.5 Å². The molecule has 0 saturated heterocycles. The van der Waals surface area contributed by atoms with Gasteiger partial charge in [0.2, 0.25) is 0 Å². The van der Waals surface area contributed by atoms with Crippen molar-refractivity contribution in [2.75, 3.05) is 5.32 Å². The second kappa shape index (κ2) is 6.32. The van der Waals surface area contributed by atoms with Crippen molar-refractivity contribution in [1.29, 1.82) is 0 Å². The Balaban J connectivity index is 1.56. The monoisotopic (exact) mass is 374 g/mol. The lowest BCUT2D eigenvalue weighted by atomic mass is 10.1. The zero-order valence-corrected chi connectivity index (χ0v) is 15.6. The quantitative estimate of drug-likeness (QED) is 0.548. The SMILES string of the molecule is Cc1ccc(-n2nc3c(c2NC(=O)c2c[nH]c4ccccc24)CSC3)cc1. The molecule has 6 heteroatoms. The number of hydrogen-bond donors (Lipinski definition) is 2. The van der Waals surface area contributed by atoms with Gasteiger partial charge >= 0.3 is 0 Å². The van der Waals surface area contributed by atoms with Gasteiger partial charge in [0.25, 0.3) is 5.91 Å². The number of thioether (sulfide) groups is 1. The highest BCUT2D eigenvalue weighted by molar-refractivity contribution is 7.98. The molecular formula is C21H18N4OS. The maximum Gasteiger partial charge on any atom is 0.258 e. The highest BCUT2D eigenvalue weighted by Gasteiger charge is 2.25. The number of carbonyl (C=O) groups is 1. The smallest absolute Gasteiger partial charge is 0.258 e. The van der Waals surface area contributed by atoms with Crippen molar-refractivity contribution in [3.63, 3.8) is 0 Å². The van der Waals surface area contributed by atoms with Gasteiger partial charge in [-0.1, -0.05) is 35.9 Å². The minimum atomic E-state index is -0.125. The van der Waals surface area contributed by atoms with Gasteiger partial charge < -0.3 is 10.3 Å². The third-order valence-corrected chi connectivity index (χ3v) is 5.87. The second-order valence-corrected chi connectivity index (χ2v) is 7.70. The van der Waals surface area contributed by atoms with E-state index in [-0.39, 0.29) is 5.91 Å². The standard InChI is InChI=1S/C21H18N4OS/c1-13-6-8-14(9-7-13)25-20(17-11-27-12-19(17)24-25)23-21(26)16-10-22-18-5-3-2-4-15(16)18/h2-10,22H,11-12H2,1H3,(H,23,26). The summed E-state index contributed by atoms with van der Waals surface area (Å²) in [5.41, 5.74) is 5.91. The molecule has 0 atom stereocenters. The van der Waals surface area contributed by atoms with Gasteiger partial charge in [0, 0.05) is 34.2 Å². The van der Waals surface area contributed by atoms with E-state index >= 15 is 0 Å². The third-order valence-electron chi connectivity index (χ3n) is 4.90. The van der Waals surface area contributed by atoms with E-state index in [0.29, 0.717) is 5.56 Å². The summed E-state index contributed by atoms with van der Waals surface area (Å²) in [5.74, 6) is 2.39. The predicted octanol–water partition coefficient (Wildman–Crippen LogP) is 4.66. The second-order valence-electron chi connectivity index (χ2n) is 6.72. The predicted molar refractivity (Wildman–Crippen MR) is 110 cm³/mol. The molecule has 0 saturated carbocycles. The van der Waals surface area contributed by atoms with Crippen LogP contribution >= 0.6 is 11.8 Å². The first-order valence-corrected chi connectivity index (χ1v) is 9.99. The Labute approximate surface area is 160 Å². The van der Waals surface area contributed by atoms with Crippen LogP contribution in [0.15, 0.2) is 54.7 Å². The Bertz CT molecular complexity index is 1160. The Morgan fingerprint density at radius 2 is 1.96 bits per heavy atom. The Hall–Kier alpha value is -2.99. The van der Waals surface area contributed by atoms with Crippen molar-refractivity contribution in [2.24, 2.45) is 0 Å². The van der Waals surface area contributed by atoms with Crippen LogP contribution in [0.5, 0.6) is 0 Å². The van der Waals surface area contributed by atoms with Crippen molar-refractivity contribution in [3.05, 3.63) is 77.1 Å². The number of carbonyl (C=O) groups excluding carboxylic acids is 1. The van der Waals surface area contributed by atoms with Crippen LogP contribution in [0.3, 0.4) is 0 Å². The molecule has 1 amide bonds. The molecule has 0 aliphatic carbocycles. The van der Waals surface area contributed by atoms with Crippen LogP contribution in [-0.4, -0.2) is 20.7 Å². The molecule has 1 aliphatic heterocycles. The van der Waals surface area contributed by atoms with Gasteiger partial charge in [-0.25, -0.2) is 4.68 Å². The fourth-order valence-corrected chi connectivity index (χ4v) is 4.48. The van der Waals surface area contributed by atoms with E-state index in [1.54, 1.807) is 6.20 Å². The number of aromatic amines is 1. The van der Waals surface area contributed by atoms with Crippen LogP contribution in [0.4, 0.5) is 5.82 Å². The largest absolute Gasteiger partial charge is 0.360 e. The number of hydrogen-bond acceptors (Lipinski definition) is 3. The molecule has 2 aromatic carbocycles. The number of amides is 1. The number of benzene rings is 2. The number of rotatable bonds is 3. The molecule has 2 aromatic heterocycles. The van der Waals surface area contributed by atoms with Gasteiger partial charge in [-0.2, -0.15) is 16.9 Å². The molecule has 27 heavy (non-hydrogen) atoms. The lowest BCUT2D eigenvalue weighted by Crippen LogP contribution is -2.16. The van der Waals surface area contributed by atoms with E-state index in [9.17, 15) is 4.79 Å². The van der Waals surface area contributed by atoms with Gasteiger partial charge in [0.1, 0.15) is 5.82 Å². The minimum absolute atomic E-state index is 0.125. The summed E-state index contributed by atoms with van der Waals surface area (Å²) in [7, 11) is 0. The summed E-state index contributed by atoms with van der Waals surface area (Å²) >= 11 is 1.82. The summed E-state index contributed by atoms with van der Waals surface area (Å²) in [6.45, 7) is 2.06. The van der Waals surface area contributed by atoms with E-state index < -0.39 is 0 Å². The van der Waals surface area contributed by atoms with E-state index in [4.69, 9.17) is 5.10 Å². The maximum absolute atomic E-state index is 13.0. The van der Waals surface area contributed by atoms with Crippen molar-refractivity contribution in [2.45, 2.75) is 18.4 Å². The lowest BCUT2D eigenvalue weighted by Gasteiger charge is -2.11. The highest BCUT2D eigenvalue weighted by atomic mass is 32.2. The van der Waals surface area contributed by atoms with Gasteiger partial charge in [0.05, 0.1) is 16.9 Å². The first-order valence-electron chi connectivity index (χ1n) is 8.84. The van der Waals surface area contributed by atoms with E-state index in [0.717, 1.165) is 45.2 Å². The minimum Gasteiger partial charge on any atom is -0.360 e. The van der Waals surface area contributed by atoms with E-state index in [1.165, 1.54) is 5.56 Å². The van der Waals surface area contributed by atoms with E-state index in [1.807, 2.05) is 52.8 Å². The normalized spacial score (nSPS) is 13.1. The molecule has 1 aliphatic rings. The number of fused-ring (bicyclic) bond motifs is 2. The highest BCUT2D eigenvalue weighted by Crippen LogP contribution is 2.36. The van der Waals surface area contributed by atoms with Gasteiger partial charge in [-0.05, 0) is 25.1 Å². The summed E-state index contributed by atoms with van der Waals surface area (Å²) < 4.78 is 1.86. The van der Waals surface area contributed by atoms with Crippen LogP contribution in [0, 0.1) is 6.92 Å². The summed E-state index contributed by atoms with van der Waals surface area (Å²) in [6.07, 6.45) is 1.77. The van der Waals surface area contributed by atoms with Gasteiger partial charge in [-0.15, -0.1) is 0 Å². The summed E-state index contributed by atoms with van der Waals surface area (Å²) in [4.78, 5) is 16.2. The first kappa shape index (κ1) is 16.2. The lowest BCUT2D eigenvalue weighted by molar-refractivity contribution is 0.102.